The second kappa shape index (κ2) is 15.2. The highest BCUT2D eigenvalue weighted by Gasteiger charge is 2.20. The second-order valence-electron chi connectivity index (χ2n) is 11.9. The van der Waals surface area contributed by atoms with Gasteiger partial charge in [0.15, 0.2) is 5.65 Å². The number of urea groups is 1. The summed E-state index contributed by atoms with van der Waals surface area (Å²) in [6.45, 7) is 2.99. The highest BCUT2D eigenvalue weighted by atomic mass is 16.2. The van der Waals surface area contributed by atoms with E-state index in [0.29, 0.717) is 48.1 Å². The third kappa shape index (κ3) is 7.87. The molecule has 49 heavy (non-hydrogen) atoms. The van der Waals surface area contributed by atoms with Crippen LogP contribution >= 0.6 is 0 Å². The quantitative estimate of drug-likeness (QED) is 0.156. The minimum Gasteiger partial charge on any atom is -0.351 e. The molecule has 5 aromatic heterocycles. The van der Waals surface area contributed by atoms with Gasteiger partial charge in [-0.05, 0) is 43.0 Å². The number of pyridine rings is 2. The van der Waals surface area contributed by atoms with Gasteiger partial charge in [0.1, 0.15) is 17.4 Å². The van der Waals surface area contributed by atoms with E-state index in [2.05, 4.69) is 48.7 Å². The Bertz CT molecular complexity index is 2060. The predicted octanol–water partition coefficient (Wildman–Crippen LogP) is 5.87. The molecule has 6 rings (SSSR count). The van der Waals surface area contributed by atoms with Crippen LogP contribution in [0.4, 0.5) is 16.6 Å². The zero-order valence-electron chi connectivity index (χ0n) is 27.8. The maximum absolute atomic E-state index is 13.6. The average Bonchev–Trinajstić information content (AvgIpc) is 3.74. The van der Waals surface area contributed by atoms with E-state index in [1.807, 2.05) is 73.4 Å². The molecule has 6 aromatic rings. The van der Waals surface area contributed by atoms with Crippen LogP contribution in [0.2, 0.25) is 0 Å². The van der Waals surface area contributed by atoms with Crippen molar-refractivity contribution < 1.29 is 4.79 Å². The number of amides is 2. The van der Waals surface area contributed by atoms with E-state index in [-0.39, 0.29) is 12.1 Å². The van der Waals surface area contributed by atoms with Gasteiger partial charge in [0, 0.05) is 68.5 Å². The lowest BCUT2D eigenvalue weighted by molar-refractivity contribution is 0.245. The highest BCUT2D eigenvalue weighted by molar-refractivity contribution is 5.91. The lowest BCUT2D eigenvalue weighted by atomic mass is 10.1. The van der Waals surface area contributed by atoms with Gasteiger partial charge in [-0.3, -0.25) is 9.58 Å². The van der Waals surface area contributed by atoms with Gasteiger partial charge in [-0.25, -0.2) is 29.7 Å². The first-order valence-electron chi connectivity index (χ1n) is 16.3. The Labute approximate surface area is 284 Å². The van der Waals surface area contributed by atoms with Gasteiger partial charge in [-0.1, -0.05) is 43.7 Å². The van der Waals surface area contributed by atoms with Crippen LogP contribution in [0, 0.1) is 11.3 Å². The van der Waals surface area contributed by atoms with E-state index in [9.17, 15) is 10.1 Å². The molecule has 1 unspecified atom stereocenters. The zero-order valence-corrected chi connectivity index (χ0v) is 27.8. The molecule has 13 nitrogen and oxygen atoms in total. The summed E-state index contributed by atoms with van der Waals surface area (Å²) in [6, 6.07) is 17.6. The van der Waals surface area contributed by atoms with E-state index in [1.54, 1.807) is 34.5 Å². The smallest absolute Gasteiger partial charge is 0.323 e. The summed E-state index contributed by atoms with van der Waals surface area (Å²) in [7, 11) is 3.76. The standard InChI is InChI=1S/C36H38N12O/c1-4-9-30(44-35-40-21-28(17-37)33(45-35)27-16-31-34(39-20-27)46(2)24-42-31)12-8-15-48(36(49)41-18-25-10-6-5-7-11-25)32-14-13-26(19-38-32)29-22-43-47(3)23-29/h5-7,10-11,13-14,16,19-24,30H,4,8-9,12,15,18H2,1-3H3,(H,41,49)(H,40,44,45). The first kappa shape index (κ1) is 32.8. The number of carbonyl (C=O) groups is 1. The molecule has 0 spiro atoms. The van der Waals surface area contributed by atoms with E-state index < -0.39 is 0 Å². The Kier molecular flexibility index (Phi) is 10.1. The van der Waals surface area contributed by atoms with Gasteiger partial charge in [0.25, 0.3) is 0 Å². The molecule has 248 valence electrons. The van der Waals surface area contributed by atoms with E-state index in [1.165, 1.54) is 6.20 Å². The molecule has 13 heteroatoms. The minimum atomic E-state index is -0.218. The number of hydrogen-bond donors (Lipinski definition) is 2. The van der Waals surface area contributed by atoms with Crippen LogP contribution < -0.4 is 15.5 Å². The van der Waals surface area contributed by atoms with Gasteiger partial charge in [-0.2, -0.15) is 10.4 Å². The molecule has 0 aliphatic carbocycles. The molecule has 5 heterocycles. The normalized spacial score (nSPS) is 11.6. The predicted molar refractivity (Wildman–Crippen MR) is 188 cm³/mol. The molecule has 1 atom stereocenters. The van der Waals surface area contributed by atoms with Crippen molar-refractivity contribution in [3.63, 3.8) is 0 Å². The summed E-state index contributed by atoms with van der Waals surface area (Å²) in [6.07, 6.45) is 13.7. The highest BCUT2D eigenvalue weighted by Crippen LogP contribution is 2.25. The van der Waals surface area contributed by atoms with Crippen LogP contribution in [0.1, 0.15) is 43.7 Å². The zero-order chi connectivity index (χ0) is 34.2. The number of nitrogens with zero attached hydrogens (tertiary/aromatic N) is 10. The molecule has 0 saturated carbocycles. The van der Waals surface area contributed by atoms with Crippen molar-refractivity contribution in [1.29, 1.82) is 5.26 Å². The fourth-order valence-corrected chi connectivity index (χ4v) is 5.69. The van der Waals surface area contributed by atoms with Crippen LogP contribution in [0.5, 0.6) is 0 Å². The third-order valence-electron chi connectivity index (χ3n) is 8.23. The molecule has 0 radical (unpaired) electrons. The number of carbonyl (C=O) groups excluding carboxylic acids is 1. The molecular weight excluding hydrogens is 616 g/mol. The number of imidazole rings is 1. The number of aromatic nitrogens is 8. The number of nitrogens with one attached hydrogen (secondary N) is 2. The van der Waals surface area contributed by atoms with E-state index in [4.69, 9.17) is 4.98 Å². The van der Waals surface area contributed by atoms with Gasteiger partial charge in [0.05, 0.1) is 30.0 Å². The molecule has 0 aliphatic heterocycles. The number of hydrogen-bond acceptors (Lipinski definition) is 9. The fraction of sp³-hybridized carbons (Fsp3) is 0.278. The molecule has 0 saturated heterocycles. The number of rotatable bonds is 13. The molecular formula is C36H38N12O. The Morgan fingerprint density at radius 3 is 2.53 bits per heavy atom. The van der Waals surface area contributed by atoms with Crippen molar-refractivity contribution in [3.05, 3.63) is 97.0 Å². The Morgan fingerprint density at radius 2 is 1.80 bits per heavy atom. The van der Waals surface area contributed by atoms with Gasteiger partial charge in [-0.15, -0.1) is 0 Å². The minimum absolute atomic E-state index is 0.0392. The van der Waals surface area contributed by atoms with Crippen molar-refractivity contribution in [1.82, 2.24) is 44.6 Å². The lowest BCUT2D eigenvalue weighted by Crippen LogP contribution is -2.41. The monoisotopic (exact) mass is 654 g/mol. The van der Waals surface area contributed by atoms with Crippen molar-refractivity contribution >= 4 is 29.0 Å². The summed E-state index contributed by atoms with van der Waals surface area (Å²) in [5.74, 6) is 0.996. The van der Waals surface area contributed by atoms with E-state index >= 15 is 0 Å². The molecule has 0 bridgehead atoms. The maximum atomic E-state index is 13.6. The molecule has 2 N–H and O–H groups in total. The van der Waals surface area contributed by atoms with Crippen LogP contribution in [0.25, 0.3) is 33.5 Å². The van der Waals surface area contributed by atoms with Crippen molar-refractivity contribution in [2.24, 2.45) is 14.1 Å². The molecule has 1 aromatic carbocycles. The second-order valence-corrected chi connectivity index (χ2v) is 11.9. The van der Waals surface area contributed by atoms with Crippen LogP contribution in [-0.2, 0) is 20.6 Å². The fourth-order valence-electron chi connectivity index (χ4n) is 5.69. The third-order valence-corrected chi connectivity index (χ3v) is 8.23. The molecule has 0 fully saturated rings. The Hall–Kier alpha value is -6.16. The van der Waals surface area contributed by atoms with Crippen molar-refractivity contribution in [2.45, 2.75) is 45.2 Å². The summed E-state index contributed by atoms with van der Waals surface area (Å²) in [4.78, 5) is 38.1. The van der Waals surface area contributed by atoms with Crippen LogP contribution in [-0.4, -0.2) is 57.9 Å². The van der Waals surface area contributed by atoms with Crippen molar-refractivity contribution in [2.75, 3.05) is 16.8 Å². The Morgan fingerprint density at radius 1 is 0.959 bits per heavy atom. The summed E-state index contributed by atoms with van der Waals surface area (Å²) in [5.41, 5.74) is 5.91. The number of fused-ring (bicyclic) bond motifs is 1. The van der Waals surface area contributed by atoms with Crippen molar-refractivity contribution in [3.8, 4) is 28.5 Å². The van der Waals surface area contributed by atoms with Gasteiger partial charge < -0.3 is 15.2 Å². The summed E-state index contributed by atoms with van der Waals surface area (Å²) in [5, 5.41) is 20.6. The number of benzene rings is 1. The summed E-state index contributed by atoms with van der Waals surface area (Å²) < 4.78 is 3.59. The Balaban J connectivity index is 1.16. The van der Waals surface area contributed by atoms with Gasteiger partial charge in [0.2, 0.25) is 5.95 Å². The largest absolute Gasteiger partial charge is 0.351 e. The van der Waals surface area contributed by atoms with Crippen LogP contribution in [0.3, 0.4) is 0 Å². The van der Waals surface area contributed by atoms with Crippen LogP contribution in [0.15, 0.2) is 85.8 Å². The first-order chi connectivity index (χ1) is 23.9. The van der Waals surface area contributed by atoms with Gasteiger partial charge >= 0.3 is 6.03 Å². The lowest BCUT2D eigenvalue weighted by Gasteiger charge is -2.24. The number of aryl methyl sites for hydroxylation is 2. The molecule has 2 amide bonds. The average molecular weight is 655 g/mol. The SMILES string of the molecule is CCCC(CCCN(C(=O)NCc1ccccc1)c1ccc(-c2cnn(C)c2)cn1)Nc1ncc(C#N)c(-c2cnc3c(c2)ncn3C)n1. The first-order valence-corrected chi connectivity index (χ1v) is 16.3. The number of nitriles is 1. The topological polar surface area (TPSA) is 155 Å². The summed E-state index contributed by atoms with van der Waals surface area (Å²) >= 11 is 0. The molecule has 0 aliphatic rings. The van der Waals surface area contributed by atoms with E-state index in [0.717, 1.165) is 47.1 Å². The number of anilines is 2. The maximum Gasteiger partial charge on any atom is 0.323 e.